The van der Waals surface area contributed by atoms with Crippen molar-refractivity contribution in [2.75, 3.05) is 20.3 Å². The van der Waals surface area contributed by atoms with Crippen LogP contribution in [0.5, 0.6) is 11.5 Å². The summed E-state index contributed by atoms with van der Waals surface area (Å²) in [5.41, 5.74) is 1.05. The molecule has 2 aromatic heterocycles. The molecule has 0 unspecified atom stereocenters. The number of thiazole rings is 1. The third kappa shape index (κ3) is 5.00. The Kier molecular flexibility index (Phi) is 8.28. The van der Waals surface area contributed by atoms with Gasteiger partial charge in [-0.05, 0) is 76.4 Å². The average Bonchev–Trinajstić information content (AvgIpc) is 3.30. The first-order valence-corrected chi connectivity index (χ1v) is 14.0. The predicted molar refractivity (Wildman–Crippen MR) is 146 cm³/mol. The molecule has 0 spiro atoms. The first-order valence-electron chi connectivity index (χ1n) is 10.8. The van der Waals surface area contributed by atoms with Crippen molar-refractivity contribution >= 4 is 71.2 Å². The minimum absolute atomic E-state index is 0.183. The molecular weight excluding hydrogens is 684 g/mol. The standard InChI is InChI=1S/C24H21Br3N2O6S/c1-5-33-17-10-14(25)13(9-16(17)32-4)20-19(23(31)34-6-2)11(3)28-24-29(20)22(30)18(36-24)8-12-7-15(26)21(27)35-12/h7-10,20H,5-6H2,1-4H3/b18-8+/t20-/m1/s1. The molecule has 1 aromatic carbocycles. The van der Waals surface area contributed by atoms with Gasteiger partial charge in [0.25, 0.3) is 5.56 Å². The lowest BCUT2D eigenvalue weighted by Crippen LogP contribution is -2.40. The van der Waals surface area contributed by atoms with Crippen LogP contribution in [0.15, 0.2) is 57.3 Å². The minimum Gasteiger partial charge on any atom is -0.493 e. The van der Waals surface area contributed by atoms with Crippen LogP contribution in [-0.2, 0) is 9.53 Å². The van der Waals surface area contributed by atoms with Gasteiger partial charge in [-0.1, -0.05) is 27.3 Å². The zero-order chi connectivity index (χ0) is 26.1. The molecule has 1 atom stereocenters. The van der Waals surface area contributed by atoms with E-state index in [2.05, 4.69) is 52.8 Å². The smallest absolute Gasteiger partial charge is 0.338 e. The molecule has 1 aliphatic heterocycles. The lowest BCUT2D eigenvalue weighted by molar-refractivity contribution is -0.139. The normalized spacial score (nSPS) is 15.5. The summed E-state index contributed by atoms with van der Waals surface area (Å²) >= 11 is 11.5. The molecule has 8 nitrogen and oxygen atoms in total. The molecule has 3 aromatic rings. The summed E-state index contributed by atoms with van der Waals surface area (Å²) in [5.74, 6) is 0.952. The number of esters is 1. The van der Waals surface area contributed by atoms with Gasteiger partial charge >= 0.3 is 5.97 Å². The summed E-state index contributed by atoms with van der Waals surface area (Å²) in [7, 11) is 1.54. The van der Waals surface area contributed by atoms with Gasteiger partial charge < -0.3 is 18.6 Å². The van der Waals surface area contributed by atoms with Crippen LogP contribution in [0.1, 0.15) is 38.1 Å². The Morgan fingerprint density at radius 3 is 2.53 bits per heavy atom. The molecule has 0 fully saturated rings. The zero-order valence-corrected chi connectivity index (χ0v) is 25.3. The van der Waals surface area contributed by atoms with Gasteiger partial charge in [0.15, 0.2) is 21.0 Å². The maximum absolute atomic E-state index is 13.7. The second-order valence-corrected chi connectivity index (χ2v) is 11.0. The molecule has 0 saturated carbocycles. The lowest BCUT2D eigenvalue weighted by atomic mass is 9.95. The summed E-state index contributed by atoms with van der Waals surface area (Å²) in [5, 5.41) is 0. The first kappa shape index (κ1) is 26.9. The molecule has 4 rings (SSSR count). The number of aromatic nitrogens is 1. The highest BCUT2D eigenvalue weighted by atomic mass is 79.9. The maximum atomic E-state index is 13.7. The van der Waals surface area contributed by atoms with E-state index in [4.69, 9.17) is 18.6 Å². The van der Waals surface area contributed by atoms with Crippen LogP contribution < -0.4 is 24.4 Å². The molecule has 1 aliphatic rings. The van der Waals surface area contributed by atoms with Gasteiger partial charge in [0.2, 0.25) is 0 Å². The lowest BCUT2D eigenvalue weighted by Gasteiger charge is -2.26. The van der Waals surface area contributed by atoms with Crippen LogP contribution in [0.3, 0.4) is 0 Å². The van der Waals surface area contributed by atoms with Gasteiger partial charge in [0.1, 0.15) is 5.76 Å². The number of nitrogens with zero attached hydrogens (tertiary/aromatic N) is 2. The Balaban J connectivity index is 2.00. The number of allylic oxidation sites excluding steroid dienone is 1. The monoisotopic (exact) mass is 702 g/mol. The number of carbonyl (C=O) groups excluding carboxylic acids is 1. The van der Waals surface area contributed by atoms with E-state index in [1.54, 1.807) is 38.1 Å². The van der Waals surface area contributed by atoms with Gasteiger partial charge in [-0.3, -0.25) is 9.36 Å². The third-order valence-corrected chi connectivity index (χ3v) is 8.71. The number of ether oxygens (including phenoxy) is 3. The van der Waals surface area contributed by atoms with Crippen LogP contribution in [0, 0.1) is 0 Å². The van der Waals surface area contributed by atoms with Crippen molar-refractivity contribution in [1.29, 1.82) is 0 Å². The average molecular weight is 705 g/mol. The van der Waals surface area contributed by atoms with E-state index in [0.717, 1.165) is 4.47 Å². The number of carbonyl (C=O) groups is 1. The van der Waals surface area contributed by atoms with Gasteiger partial charge in [-0.15, -0.1) is 0 Å². The number of halogens is 3. The Bertz CT molecular complexity index is 1530. The van der Waals surface area contributed by atoms with E-state index in [9.17, 15) is 9.59 Å². The minimum atomic E-state index is -0.809. The predicted octanol–water partition coefficient (Wildman–Crippen LogP) is 5.09. The van der Waals surface area contributed by atoms with Crippen molar-refractivity contribution in [1.82, 2.24) is 4.57 Å². The van der Waals surface area contributed by atoms with Gasteiger partial charge in [-0.2, -0.15) is 0 Å². The Labute approximate surface area is 235 Å². The van der Waals surface area contributed by atoms with Crippen LogP contribution in [-0.4, -0.2) is 30.9 Å². The van der Waals surface area contributed by atoms with E-state index in [0.29, 0.717) is 53.6 Å². The fraction of sp³-hybridized carbons (Fsp3) is 0.292. The number of hydrogen-bond acceptors (Lipinski definition) is 8. The molecule has 0 saturated heterocycles. The van der Waals surface area contributed by atoms with Gasteiger partial charge in [-0.25, -0.2) is 9.79 Å². The summed E-state index contributed by atoms with van der Waals surface area (Å²) in [6, 6.07) is 4.47. The zero-order valence-electron chi connectivity index (χ0n) is 19.7. The van der Waals surface area contributed by atoms with E-state index in [1.165, 1.54) is 23.0 Å². The number of rotatable bonds is 7. The number of fused-ring (bicyclic) bond motifs is 1. The molecular formula is C24H21Br3N2O6S. The molecule has 0 N–H and O–H groups in total. The fourth-order valence-electron chi connectivity index (χ4n) is 3.84. The Hall–Kier alpha value is -2.15. The topological polar surface area (TPSA) is 92.3 Å². The van der Waals surface area contributed by atoms with Crippen LogP contribution in [0.2, 0.25) is 0 Å². The highest BCUT2D eigenvalue weighted by Crippen LogP contribution is 2.41. The molecule has 0 bridgehead atoms. The van der Waals surface area contributed by atoms with E-state index >= 15 is 0 Å². The van der Waals surface area contributed by atoms with Gasteiger partial charge in [0, 0.05) is 10.5 Å². The Morgan fingerprint density at radius 2 is 1.92 bits per heavy atom. The largest absolute Gasteiger partial charge is 0.493 e. The van der Waals surface area contributed by atoms with Crippen molar-refractivity contribution < 1.29 is 23.4 Å². The van der Waals surface area contributed by atoms with Crippen molar-refractivity contribution in [3.8, 4) is 11.5 Å². The molecule has 0 amide bonds. The first-order chi connectivity index (χ1) is 17.2. The molecule has 3 heterocycles. The fourth-order valence-corrected chi connectivity index (χ4v) is 6.01. The molecule has 0 radical (unpaired) electrons. The number of benzene rings is 1. The highest BCUT2D eigenvalue weighted by molar-refractivity contribution is 9.13. The van der Waals surface area contributed by atoms with Crippen molar-refractivity contribution in [3.63, 3.8) is 0 Å². The van der Waals surface area contributed by atoms with Crippen molar-refractivity contribution in [2.45, 2.75) is 26.8 Å². The SMILES string of the molecule is CCOC(=O)C1=C(C)N=c2s/c(=C/c3cc(Br)c(Br)o3)c(=O)n2[C@@H]1c1cc(OC)c(OCC)cc1Br. The quantitative estimate of drug-likeness (QED) is 0.319. The molecule has 0 aliphatic carbocycles. The number of furan rings is 1. The number of hydrogen-bond donors (Lipinski definition) is 0. The van der Waals surface area contributed by atoms with Crippen LogP contribution >= 0.6 is 59.1 Å². The summed E-state index contributed by atoms with van der Waals surface area (Å²) < 4.78 is 26.0. The highest BCUT2D eigenvalue weighted by Gasteiger charge is 2.35. The summed E-state index contributed by atoms with van der Waals surface area (Å²) in [6.07, 6.45) is 1.65. The van der Waals surface area contributed by atoms with E-state index in [1.807, 2.05) is 6.92 Å². The number of methoxy groups -OCH3 is 1. The second-order valence-electron chi connectivity index (χ2n) is 7.53. The maximum Gasteiger partial charge on any atom is 0.338 e. The molecule has 190 valence electrons. The van der Waals surface area contributed by atoms with Gasteiger partial charge in [0.05, 0.1) is 46.6 Å². The second kappa shape index (κ2) is 11.1. The summed E-state index contributed by atoms with van der Waals surface area (Å²) in [6.45, 7) is 5.97. The molecule has 36 heavy (non-hydrogen) atoms. The van der Waals surface area contributed by atoms with Crippen molar-refractivity contribution in [3.05, 3.63) is 74.1 Å². The van der Waals surface area contributed by atoms with Crippen LogP contribution in [0.4, 0.5) is 0 Å². The molecule has 12 heteroatoms. The summed E-state index contributed by atoms with van der Waals surface area (Å²) in [4.78, 5) is 31.9. The Morgan fingerprint density at radius 1 is 1.17 bits per heavy atom. The van der Waals surface area contributed by atoms with Crippen LogP contribution in [0.25, 0.3) is 6.08 Å². The van der Waals surface area contributed by atoms with E-state index in [-0.39, 0.29) is 17.7 Å². The van der Waals surface area contributed by atoms with E-state index < -0.39 is 12.0 Å². The third-order valence-electron chi connectivity index (χ3n) is 5.33. The van der Waals surface area contributed by atoms with Crippen molar-refractivity contribution in [2.24, 2.45) is 4.99 Å².